The molecule has 1 aliphatic heterocycles. The van der Waals surface area contributed by atoms with Crippen molar-refractivity contribution in [2.24, 2.45) is 0 Å². The molecule has 1 saturated heterocycles. The van der Waals surface area contributed by atoms with Crippen LogP contribution < -0.4 is 15.8 Å². The highest BCUT2D eigenvalue weighted by atomic mass is 16.2. The number of aromatic amines is 1. The van der Waals surface area contributed by atoms with Gasteiger partial charge in [-0.15, -0.1) is 0 Å². The zero-order valence-electron chi connectivity index (χ0n) is 16.0. The summed E-state index contributed by atoms with van der Waals surface area (Å²) < 4.78 is 0. The fraction of sp³-hybridized carbons (Fsp3) is 0.421. The van der Waals surface area contributed by atoms with Gasteiger partial charge in [-0.1, -0.05) is 6.07 Å². The van der Waals surface area contributed by atoms with Crippen molar-refractivity contribution >= 4 is 17.6 Å². The molecule has 9 nitrogen and oxygen atoms in total. The number of likely N-dealkylation sites (N-methyl/N-ethyl adjacent to an activating group) is 1. The summed E-state index contributed by atoms with van der Waals surface area (Å²) in [6.07, 6.45) is 5.33. The van der Waals surface area contributed by atoms with Crippen LogP contribution in [-0.4, -0.2) is 64.4 Å². The molecular weight excluding hydrogens is 360 g/mol. The zero-order chi connectivity index (χ0) is 20.1. The summed E-state index contributed by atoms with van der Waals surface area (Å²) in [5, 5.41) is 2.79. The summed E-state index contributed by atoms with van der Waals surface area (Å²) in [5.74, 6) is 0.0446. The summed E-state index contributed by atoms with van der Waals surface area (Å²) in [7, 11) is 1.62. The number of aromatic nitrogens is 3. The van der Waals surface area contributed by atoms with Crippen LogP contribution in [0.4, 0.5) is 5.82 Å². The van der Waals surface area contributed by atoms with Crippen molar-refractivity contribution < 1.29 is 9.59 Å². The number of H-pyrrole nitrogens is 1. The molecule has 1 fully saturated rings. The first-order valence-electron chi connectivity index (χ1n) is 9.27. The molecule has 3 rings (SSSR count). The summed E-state index contributed by atoms with van der Waals surface area (Å²) in [5.41, 5.74) is 0.118. The second kappa shape index (κ2) is 8.64. The van der Waals surface area contributed by atoms with E-state index < -0.39 is 0 Å². The van der Waals surface area contributed by atoms with Gasteiger partial charge in [0.15, 0.2) is 0 Å². The number of nitrogens with one attached hydrogen (secondary N) is 2. The van der Waals surface area contributed by atoms with Crippen LogP contribution in [0.3, 0.4) is 0 Å². The Morgan fingerprint density at radius 2 is 2.04 bits per heavy atom. The quantitative estimate of drug-likeness (QED) is 0.757. The topological polar surface area (TPSA) is 111 Å². The van der Waals surface area contributed by atoms with Gasteiger partial charge >= 0.3 is 0 Å². The van der Waals surface area contributed by atoms with Crippen molar-refractivity contribution in [1.29, 1.82) is 0 Å². The number of hydrogen-bond acceptors (Lipinski definition) is 6. The summed E-state index contributed by atoms with van der Waals surface area (Å²) in [6, 6.07) is 4.14. The lowest BCUT2D eigenvalue weighted by Crippen LogP contribution is -2.43. The Morgan fingerprint density at radius 1 is 1.29 bits per heavy atom. The maximum Gasteiger partial charge on any atom is 0.271 e. The van der Waals surface area contributed by atoms with Crippen LogP contribution in [-0.2, 0) is 0 Å². The highest BCUT2D eigenvalue weighted by Crippen LogP contribution is 2.16. The van der Waals surface area contributed by atoms with E-state index in [-0.39, 0.29) is 41.3 Å². The number of amides is 2. The lowest BCUT2D eigenvalue weighted by Gasteiger charge is -2.25. The lowest BCUT2D eigenvalue weighted by atomic mass is 10.2. The van der Waals surface area contributed by atoms with Gasteiger partial charge < -0.3 is 20.1 Å². The van der Waals surface area contributed by atoms with Crippen LogP contribution in [0.15, 0.2) is 35.4 Å². The van der Waals surface area contributed by atoms with Crippen molar-refractivity contribution in [2.45, 2.75) is 25.8 Å². The summed E-state index contributed by atoms with van der Waals surface area (Å²) in [6.45, 7) is 3.90. The molecule has 0 aliphatic carbocycles. The summed E-state index contributed by atoms with van der Waals surface area (Å²) in [4.78, 5) is 50.9. The van der Waals surface area contributed by atoms with Crippen LogP contribution in [0.1, 0.15) is 40.7 Å². The Hall–Kier alpha value is -3.23. The minimum Gasteiger partial charge on any atom is -0.355 e. The van der Waals surface area contributed by atoms with Crippen molar-refractivity contribution in [3.05, 3.63) is 52.3 Å². The smallest absolute Gasteiger partial charge is 0.271 e. The van der Waals surface area contributed by atoms with E-state index in [2.05, 4.69) is 25.2 Å². The van der Waals surface area contributed by atoms with Crippen molar-refractivity contribution in [3.8, 4) is 0 Å². The molecular formula is C19H24N6O3. The molecule has 0 radical (unpaired) electrons. The van der Waals surface area contributed by atoms with Crippen molar-refractivity contribution in [2.75, 3.05) is 31.6 Å². The molecule has 28 heavy (non-hydrogen) atoms. The molecule has 0 spiro atoms. The second-order valence-electron chi connectivity index (χ2n) is 6.86. The fourth-order valence-electron chi connectivity index (χ4n) is 2.99. The normalized spacial score (nSPS) is 14.6. The lowest BCUT2D eigenvalue weighted by molar-refractivity contribution is 0.0725. The van der Waals surface area contributed by atoms with Crippen LogP contribution in [0.25, 0.3) is 0 Å². The van der Waals surface area contributed by atoms with E-state index >= 15 is 0 Å². The molecule has 2 N–H and O–H groups in total. The molecule has 0 bridgehead atoms. The monoisotopic (exact) mass is 384 g/mol. The van der Waals surface area contributed by atoms with E-state index in [1.165, 1.54) is 23.2 Å². The van der Waals surface area contributed by atoms with Crippen molar-refractivity contribution in [3.63, 3.8) is 0 Å². The number of carbonyl (C=O) groups is 2. The molecule has 1 unspecified atom stereocenters. The first kappa shape index (κ1) is 19.5. The Morgan fingerprint density at radius 3 is 2.75 bits per heavy atom. The Kier molecular flexibility index (Phi) is 6.03. The van der Waals surface area contributed by atoms with Crippen LogP contribution >= 0.6 is 0 Å². The largest absolute Gasteiger partial charge is 0.355 e. The maximum atomic E-state index is 12.5. The van der Waals surface area contributed by atoms with Gasteiger partial charge in [-0.3, -0.25) is 19.4 Å². The Labute approximate surface area is 162 Å². The van der Waals surface area contributed by atoms with Gasteiger partial charge in [0.2, 0.25) is 5.56 Å². The molecule has 148 valence electrons. The third kappa shape index (κ3) is 4.54. The maximum absolute atomic E-state index is 12.5. The molecule has 1 aliphatic rings. The summed E-state index contributed by atoms with van der Waals surface area (Å²) >= 11 is 0. The van der Waals surface area contributed by atoms with E-state index in [4.69, 9.17) is 0 Å². The van der Waals surface area contributed by atoms with Crippen LogP contribution in [0.2, 0.25) is 0 Å². The standard InChI is InChI=1S/C19H24N6O3/c1-13(24(2)19(28)14-6-5-7-17(26)23-14)10-21-18(27)15-11-20-12-16(22-15)25-8-3-4-9-25/h5-7,11-13H,3-4,8-10H2,1-2H3,(H,21,27)(H,23,26). The minimum atomic E-state index is -0.339. The Bertz CT molecular complexity index is 906. The number of carbonyl (C=O) groups excluding carboxylic acids is 2. The highest BCUT2D eigenvalue weighted by molar-refractivity contribution is 5.93. The third-order valence-electron chi connectivity index (χ3n) is 4.82. The number of pyridine rings is 1. The van der Waals surface area contributed by atoms with E-state index in [9.17, 15) is 14.4 Å². The van der Waals surface area contributed by atoms with E-state index in [1.807, 2.05) is 6.92 Å². The minimum absolute atomic E-state index is 0.206. The predicted molar refractivity (Wildman–Crippen MR) is 104 cm³/mol. The molecule has 2 aromatic rings. The first-order valence-corrected chi connectivity index (χ1v) is 9.27. The van der Waals surface area contributed by atoms with Gasteiger partial charge in [0.25, 0.3) is 11.8 Å². The number of anilines is 1. The fourth-order valence-corrected chi connectivity index (χ4v) is 2.99. The molecule has 9 heteroatoms. The van der Waals surface area contributed by atoms with Gasteiger partial charge in [0, 0.05) is 38.8 Å². The molecule has 1 atom stereocenters. The first-order chi connectivity index (χ1) is 13.5. The molecule has 2 aromatic heterocycles. The van der Waals surface area contributed by atoms with Crippen LogP contribution in [0, 0.1) is 0 Å². The third-order valence-corrected chi connectivity index (χ3v) is 4.82. The molecule has 2 amide bonds. The molecule has 3 heterocycles. The zero-order valence-corrected chi connectivity index (χ0v) is 16.0. The van der Waals surface area contributed by atoms with E-state index in [1.54, 1.807) is 19.3 Å². The van der Waals surface area contributed by atoms with Crippen LogP contribution in [0.5, 0.6) is 0 Å². The SMILES string of the molecule is CC(CNC(=O)c1cncc(N2CCCC2)n1)N(C)C(=O)c1cccc(=O)[nH]1. The van der Waals surface area contributed by atoms with E-state index in [0.29, 0.717) is 5.82 Å². The second-order valence-corrected chi connectivity index (χ2v) is 6.86. The van der Waals surface area contributed by atoms with Gasteiger partial charge in [-0.2, -0.15) is 0 Å². The number of nitrogens with zero attached hydrogens (tertiary/aromatic N) is 4. The van der Waals surface area contributed by atoms with Crippen molar-refractivity contribution in [1.82, 2.24) is 25.2 Å². The van der Waals surface area contributed by atoms with E-state index in [0.717, 1.165) is 25.9 Å². The molecule has 0 saturated carbocycles. The van der Waals surface area contributed by atoms with Gasteiger partial charge in [0.05, 0.1) is 12.4 Å². The van der Waals surface area contributed by atoms with Gasteiger partial charge in [-0.05, 0) is 25.8 Å². The average Bonchev–Trinajstić information content (AvgIpc) is 3.25. The van der Waals surface area contributed by atoms with Gasteiger partial charge in [0.1, 0.15) is 17.2 Å². The Balaban J connectivity index is 1.58. The molecule has 0 aromatic carbocycles. The number of rotatable bonds is 6. The number of hydrogen-bond donors (Lipinski definition) is 2. The van der Waals surface area contributed by atoms with Gasteiger partial charge in [-0.25, -0.2) is 4.98 Å². The predicted octanol–water partition coefficient (Wildman–Crippen LogP) is 0.656. The average molecular weight is 384 g/mol. The highest BCUT2D eigenvalue weighted by Gasteiger charge is 2.20.